The lowest BCUT2D eigenvalue weighted by molar-refractivity contribution is -0.137. The molecule has 0 bridgehead atoms. The van der Waals surface area contributed by atoms with Gasteiger partial charge in [0.1, 0.15) is 0 Å². The Kier molecular flexibility index (Phi) is 5.80. The SMILES string of the molecule is Cc1ccc(C(=O)CCC(=O)NNc2ccccc2C(F)(F)F)cc1. The number of halogens is 3. The lowest BCUT2D eigenvalue weighted by Crippen LogP contribution is -2.30. The van der Waals surface area contributed by atoms with E-state index >= 15 is 0 Å². The zero-order valence-electron chi connectivity index (χ0n) is 13.5. The number of Topliss-reactive ketones (excluding diaryl/α,β-unsaturated/α-hetero) is 1. The van der Waals surface area contributed by atoms with E-state index in [1.165, 1.54) is 18.2 Å². The quantitative estimate of drug-likeness (QED) is 0.609. The second-order valence-corrected chi connectivity index (χ2v) is 5.51. The molecule has 4 nitrogen and oxygen atoms in total. The minimum atomic E-state index is -4.53. The van der Waals surface area contributed by atoms with Crippen molar-refractivity contribution in [1.82, 2.24) is 5.43 Å². The molecule has 2 N–H and O–H groups in total. The molecule has 0 spiro atoms. The van der Waals surface area contributed by atoms with E-state index in [2.05, 4.69) is 10.9 Å². The Morgan fingerprint density at radius 1 is 0.960 bits per heavy atom. The first-order valence-corrected chi connectivity index (χ1v) is 7.58. The normalized spacial score (nSPS) is 11.0. The van der Waals surface area contributed by atoms with E-state index < -0.39 is 17.6 Å². The van der Waals surface area contributed by atoms with E-state index in [-0.39, 0.29) is 24.3 Å². The van der Waals surface area contributed by atoms with Gasteiger partial charge in [-0.3, -0.25) is 20.4 Å². The minimum absolute atomic E-state index is 0.0303. The van der Waals surface area contributed by atoms with Gasteiger partial charge in [0.2, 0.25) is 5.91 Å². The van der Waals surface area contributed by atoms with Gasteiger partial charge in [0, 0.05) is 18.4 Å². The van der Waals surface area contributed by atoms with Gasteiger partial charge in [-0.15, -0.1) is 0 Å². The Bertz CT molecular complexity index is 756. The van der Waals surface area contributed by atoms with Crippen LogP contribution in [0.25, 0.3) is 0 Å². The van der Waals surface area contributed by atoms with Crippen molar-refractivity contribution in [3.05, 3.63) is 65.2 Å². The number of para-hydroxylation sites is 1. The highest BCUT2D eigenvalue weighted by Crippen LogP contribution is 2.34. The molecule has 2 aromatic rings. The number of ketones is 1. The molecule has 0 atom stereocenters. The molecule has 0 unspecified atom stereocenters. The van der Waals surface area contributed by atoms with E-state index in [0.717, 1.165) is 11.6 Å². The molecule has 2 aromatic carbocycles. The molecular weight excluding hydrogens is 333 g/mol. The molecule has 0 aliphatic carbocycles. The molecule has 0 fully saturated rings. The van der Waals surface area contributed by atoms with Crippen LogP contribution in [0.5, 0.6) is 0 Å². The Morgan fingerprint density at radius 2 is 1.60 bits per heavy atom. The van der Waals surface area contributed by atoms with Crippen LogP contribution in [0.1, 0.15) is 34.3 Å². The molecule has 0 heterocycles. The maximum absolute atomic E-state index is 12.8. The smallest absolute Gasteiger partial charge is 0.298 e. The maximum Gasteiger partial charge on any atom is 0.418 e. The van der Waals surface area contributed by atoms with Crippen LogP contribution in [-0.2, 0) is 11.0 Å². The zero-order chi connectivity index (χ0) is 18.4. The predicted molar refractivity (Wildman–Crippen MR) is 88.0 cm³/mol. The average molecular weight is 350 g/mol. The first-order valence-electron chi connectivity index (χ1n) is 7.58. The van der Waals surface area contributed by atoms with Gasteiger partial charge in [-0.2, -0.15) is 13.2 Å². The summed E-state index contributed by atoms with van der Waals surface area (Å²) in [5.74, 6) is -0.775. The number of nitrogens with one attached hydrogen (secondary N) is 2. The fourth-order valence-electron chi connectivity index (χ4n) is 2.15. The first-order chi connectivity index (χ1) is 11.8. The number of carbonyl (C=O) groups is 2. The Balaban J connectivity index is 1.87. The molecule has 0 aliphatic heterocycles. The second-order valence-electron chi connectivity index (χ2n) is 5.51. The van der Waals surface area contributed by atoms with Crippen molar-refractivity contribution in [3.63, 3.8) is 0 Å². The van der Waals surface area contributed by atoms with Gasteiger partial charge in [0.05, 0.1) is 11.3 Å². The minimum Gasteiger partial charge on any atom is -0.298 e. The Hall–Kier alpha value is -2.83. The lowest BCUT2D eigenvalue weighted by atomic mass is 10.1. The number of anilines is 1. The molecule has 0 saturated heterocycles. The van der Waals surface area contributed by atoms with E-state index in [0.29, 0.717) is 5.56 Å². The second kappa shape index (κ2) is 7.83. The molecule has 1 amide bonds. The van der Waals surface area contributed by atoms with Crippen molar-refractivity contribution in [2.45, 2.75) is 25.9 Å². The number of hydrogen-bond donors (Lipinski definition) is 2. The highest BCUT2D eigenvalue weighted by atomic mass is 19.4. The van der Waals surface area contributed by atoms with Crippen LogP contribution in [-0.4, -0.2) is 11.7 Å². The van der Waals surface area contributed by atoms with Crippen LogP contribution in [0.2, 0.25) is 0 Å². The number of alkyl halides is 3. The zero-order valence-corrected chi connectivity index (χ0v) is 13.5. The molecule has 7 heteroatoms. The molecule has 2 rings (SSSR count). The van der Waals surface area contributed by atoms with Crippen LogP contribution in [0.15, 0.2) is 48.5 Å². The van der Waals surface area contributed by atoms with Crippen molar-refractivity contribution in [1.29, 1.82) is 0 Å². The highest BCUT2D eigenvalue weighted by Gasteiger charge is 2.33. The largest absolute Gasteiger partial charge is 0.418 e. The first kappa shape index (κ1) is 18.5. The fraction of sp³-hybridized carbons (Fsp3) is 0.222. The van der Waals surface area contributed by atoms with Gasteiger partial charge in [0.15, 0.2) is 5.78 Å². The standard InChI is InChI=1S/C18H17F3N2O2/c1-12-6-8-13(9-7-12)16(24)10-11-17(25)23-22-15-5-3-2-4-14(15)18(19,20)21/h2-9,22H,10-11H2,1H3,(H,23,25). The third kappa shape index (κ3) is 5.34. The number of carbonyl (C=O) groups excluding carboxylic acids is 2. The average Bonchev–Trinajstić information content (AvgIpc) is 2.58. The highest BCUT2D eigenvalue weighted by molar-refractivity contribution is 5.98. The number of hydrazine groups is 1. The summed E-state index contributed by atoms with van der Waals surface area (Å²) in [6, 6.07) is 11.7. The topological polar surface area (TPSA) is 58.2 Å². The molecule has 0 saturated carbocycles. The summed E-state index contributed by atoms with van der Waals surface area (Å²) in [4.78, 5) is 23.7. The van der Waals surface area contributed by atoms with Gasteiger partial charge in [-0.05, 0) is 19.1 Å². The van der Waals surface area contributed by atoms with Gasteiger partial charge in [0.25, 0.3) is 0 Å². The summed E-state index contributed by atoms with van der Waals surface area (Å²) in [5.41, 5.74) is 4.82. The summed E-state index contributed by atoms with van der Waals surface area (Å²) in [6.07, 6.45) is -4.69. The van der Waals surface area contributed by atoms with Gasteiger partial charge in [-0.25, -0.2) is 0 Å². The predicted octanol–water partition coefficient (Wildman–Crippen LogP) is 4.12. The summed E-state index contributed by atoms with van der Waals surface area (Å²) in [5, 5.41) is 0. The molecule has 25 heavy (non-hydrogen) atoms. The fourth-order valence-corrected chi connectivity index (χ4v) is 2.15. The van der Waals surface area contributed by atoms with Gasteiger partial charge in [-0.1, -0.05) is 42.0 Å². The maximum atomic E-state index is 12.8. The van der Waals surface area contributed by atoms with Crippen LogP contribution in [0.3, 0.4) is 0 Å². The van der Waals surface area contributed by atoms with Crippen molar-refractivity contribution < 1.29 is 22.8 Å². The number of amides is 1. The lowest BCUT2D eigenvalue weighted by Gasteiger charge is -2.14. The monoisotopic (exact) mass is 350 g/mol. The van der Waals surface area contributed by atoms with E-state index in [1.54, 1.807) is 24.3 Å². The molecule has 0 aromatic heterocycles. The van der Waals surface area contributed by atoms with Gasteiger partial charge >= 0.3 is 6.18 Å². The van der Waals surface area contributed by atoms with Crippen LogP contribution >= 0.6 is 0 Å². The molecule has 132 valence electrons. The number of aryl methyl sites for hydroxylation is 1. The molecule has 0 radical (unpaired) electrons. The summed E-state index contributed by atoms with van der Waals surface area (Å²) < 4.78 is 38.5. The van der Waals surface area contributed by atoms with Gasteiger partial charge < -0.3 is 0 Å². The van der Waals surface area contributed by atoms with Crippen LogP contribution < -0.4 is 10.9 Å². The summed E-state index contributed by atoms with van der Waals surface area (Å²) in [7, 11) is 0. The van der Waals surface area contributed by atoms with Crippen LogP contribution in [0.4, 0.5) is 18.9 Å². The van der Waals surface area contributed by atoms with Crippen molar-refractivity contribution in [3.8, 4) is 0 Å². The number of rotatable bonds is 6. The Labute approximate surface area is 143 Å². The van der Waals surface area contributed by atoms with Crippen molar-refractivity contribution in [2.24, 2.45) is 0 Å². The summed E-state index contributed by atoms with van der Waals surface area (Å²) >= 11 is 0. The summed E-state index contributed by atoms with van der Waals surface area (Å²) in [6.45, 7) is 1.89. The third-order valence-electron chi connectivity index (χ3n) is 3.52. The number of benzene rings is 2. The van der Waals surface area contributed by atoms with E-state index in [1.807, 2.05) is 6.92 Å². The Morgan fingerprint density at radius 3 is 2.24 bits per heavy atom. The number of hydrogen-bond acceptors (Lipinski definition) is 3. The van der Waals surface area contributed by atoms with E-state index in [4.69, 9.17) is 0 Å². The molecular formula is C18H17F3N2O2. The van der Waals surface area contributed by atoms with Crippen molar-refractivity contribution in [2.75, 3.05) is 5.43 Å². The molecule has 0 aliphatic rings. The van der Waals surface area contributed by atoms with Crippen molar-refractivity contribution >= 4 is 17.4 Å². The van der Waals surface area contributed by atoms with Crippen LogP contribution in [0, 0.1) is 6.92 Å². The van der Waals surface area contributed by atoms with E-state index in [9.17, 15) is 22.8 Å². The third-order valence-corrected chi connectivity index (χ3v) is 3.52.